The normalized spacial score (nSPS) is 10.3. The van der Waals surface area contributed by atoms with Gasteiger partial charge in [-0.05, 0) is 23.6 Å². The van der Waals surface area contributed by atoms with E-state index in [0.717, 1.165) is 23.5 Å². The standard InChI is InChI=1S/C17H22N2O4S/c1-21-13-9-12(10-14(22-2)16(13)23-3)11-18-6-7-19-17(20)15-5-4-8-24-15/h4-5,8-10,18H,6-7,11H2,1-3H3,(H,19,20)/p+1. The first-order valence-corrected chi connectivity index (χ1v) is 8.49. The van der Waals surface area contributed by atoms with Crippen molar-refractivity contribution in [2.24, 2.45) is 0 Å². The van der Waals surface area contributed by atoms with E-state index >= 15 is 0 Å². The zero-order valence-corrected chi connectivity index (χ0v) is 14.9. The van der Waals surface area contributed by atoms with Gasteiger partial charge in [0, 0.05) is 5.56 Å². The van der Waals surface area contributed by atoms with Gasteiger partial charge in [-0.25, -0.2) is 0 Å². The molecular formula is C17H23N2O4S+. The molecule has 7 heteroatoms. The average Bonchev–Trinajstić information content (AvgIpc) is 3.15. The van der Waals surface area contributed by atoms with Crippen molar-refractivity contribution in [2.75, 3.05) is 34.4 Å². The molecule has 130 valence electrons. The summed E-state index contributed by atoms with van der Waals surface area (Å²) in [5.74, 6) is 1.86. The number of carbonyl (C=O) groups excluding carboxylic acids is 1. The van der Waals surface area contributed by atoms with Crippen LogP contribution in [0, 0.1) is 0 Å². The zero-order valence-electron chi connectivity index (χ0n) is 14.1. The number of nitrogens with one attached hydrogen (secondary N) is 1. The molecule has 1 aromatic carbocycles. The molecule has 0 fully saturated rings. The summed E-state index contributed by atoms with van der Waals surface area (Å²) in [6.45, 7) is 2.15. The second-order valence-electron chi connectivity index (χ2n) is 5.05. The van der Waals surface area contributed by atoms with Crippen LogP contribution in [0.2, 0.25) is 0 Å². The number of amides is 1. The summed E-state index contributed by atoms with van der Waals surface area (Å²) in [6, 6.07) is 7.56. The number of hydrogen-bond donors (Lipinski definition) is 2. The van der Waals surface area contributed by atoms with Crippen LogP contribution in [0.4, 0.5) is 0 Å². The summed E-state index contributed by atoms with van der Waals surface area (Å²) < 4.78 is 16.0. The molecule has 0 spiro atoms. The van der Waals surface area contributed by atoms with Gasteiger partial charge in [0.1, 0.15) is 6.54 Å². The topological polar surface area (TPSA) is 73.4 Å². The molecule has 3 N–H and O–H groups in total. The predicted molar refractivity (Wildman–Crippen MR) is 93.2 cm³/mol. The SMILES string of the molecule is COc1cc(C[NH2+]CCNC(=O)c2cccs2)cc(OC)c1OC. The van der Waals surface area contributed by atoms with Gasteiger partial charge in [-0.2, -0.15) is 0 Å². The Bertz CT molecular complexity index is 634. The minimum Gasteiger partial charge on any atom is -0.493 e. The van der Waals surface area contributed by atoms with Crippen LogP contribution < -0.4 is 24.8 Å². The van der Waals surface area contributed by atoms with E-state index in [4.69, 9.17) is 14.2 Å². The lowest BCUT2D eigenvalue weighted by atomic mass is 10.2. The third kappa shape index (κ3) is 4.62. The molecular weight excluding hydrogens is 328 g/mol. The molecule has 1 aromatic heterocycles. The van der Waals surface area contributed by atoms with Gasteiger partial charge in [0.25, 0.3) is 5.91 Å². The third-order valence-electron chi connectivity index (χ3n) is 3.48. The first-order chi connectivity index (χ1) is 11.7. The Morgan fingerprint density at radius 1 is 1.17 bits per heavy atom. The first kappa shape index (κ1) is 18.1. The number of methoxy groups -OCH3 is 3. The van der Waals surface area contributed by atoms with E-state index in [0.29, 0.717) is 23.8 Å². The summed E-state index contributed by atoms with van der Waals surface area (Å²) >= 11 is 1.44. The lowest BCUT2D eigenvalue weighted by molar-refractivity contribution is -0.668. The Morgan fingerprint density at radius 3 is 2.42 bits per heavy atom. The lowest BCUT2D eigenvalue weighted by Crippen LogP contribution is -2.84. The molecule has 0 unspecified atom stereocenters. The molecule has 2 aromatic rings. The number of carbonyl (C=O) groups is 1. The van der Waals surface area contributed by atoms with Gasteiger partial charge in [0.05, 0.1) is 39.3 Å². The number of rotatable bonds is 9. The molecule has 1 heterocycles. The van der Waals surface area contributed by atoms with Crippen molar-refractivity contribution >= 4 is 17.2 Å². The summed E-state index contributed by atoms with van der Waals surface area (Å²) in [7, 11) is 4.79. The summed E-state index contributed by atoms with van der Waals surface area (Å²) in [5, 5.41) is 6.92. The highest BCUT2D eigenvalue weighted by atomic mass is 32.1. The summed E-state index contributed by atoms with van der Waals surface area (Å²) in [5.41, 5.74) is 1.06. The van der Waals surface area contributed by atoms with E-state index in [1.807, 2.05) is 29.6 Å². The van der Waals surface area contributed by atoms with E-state index in [2.05, 4.69) is 10.6 Å². The Hall–Kier alpha value is -2.25. The van der Waals surface area contributed by atoms with Crippen molar-refractivity contribution in [3.63, 3.8) is 0 Å². The number of ether oxygens (including phenoxy) is 3. The van der Waals surface area contributed by atoms with Crippen LogP contribution in [-0.4, -0.2) is 40.3 Å². The lowest BCUT2D eigenvalue weighted by Gasteiger charge is -2.13. The number of benzene rings is 1. The molecule has 0 bridgehead atoms. The number of quaternary nitrogens is 1. The van der Waals surface area contributed by atoms with Crippen LogP contribution >= 0.6 is 11.3 Å². The Labute approximate surface area is 145 Å². The summed E-state index contributed by atoms with van der Waals surface area (Å²) in [4.78, 5) is 12.6. The maximum Gasteiger partial charge on any atom is 0.261 e. The monoisotopic (exact) mass is 351 g/mol. The van der Waals surface area contributed by atoms with Crippen LogP contribution in [0.5, 0.6) is 17.2 Å². The van der Waals surface area contributed by atoms with E-state index in [1.165, 1.54) is 11.3 Å². The predicted octanol–water partition coefficient (Wildman–Crippen LogP) is 1.27. The number of nitrogens with two attached hydrogens (primary N) is 1. The van der Waals surface area contributed by atoms with Crippen LogP contribution in [0.3, 0.4) is 0 Å². The quantitative estimate of drug-likeness (QED) is 0.667. The molecule has 6 nitrogen and oxygen atoms in total. The third-order valence-corrected chi connectivity index (χ3v) is 4.35. The number of thiophene rings is 1. The van der Waals surface area contributed by atoms with Gasteiger partial charge in [0.15, 0.2) is 11.5 Å². The van der Waals surface area contributed by atoms with Crippen molar-refractivity contribution in [3.05, 3.63) is 40.1 Å². The van der Waals surface area contributed by atoms with E-state index in [9.17, 15) is 4.79 Å². The van der Waals surface area contributed by atoms with Gasteiger partial charge >= 0.3 is 0 Å². The highest BCUT2D eigenvalue weighted by molar-refractivity contribution is 7.12. The fraction of sp³-hybridized carbons (Fsp3) is 0.353. The van der Waals surface area contributed by atoms with Crippen molar-refractivity contribution < 1.29 is 24.3 Å². The van der Waals surface area contributed by atoms with Crippen molar-refractivity contribution in [1.29, 1.82) is 0 Å². The van der Waals surface area contributed by atoms with Crippen molar-refractivity contribution in [2.45, 2.75) is 6.54 Å². The van der Waals surface area contributed by atoms with Crippen LogP contribution in [0.15, 0.2) is 29.6 Å². The largest absolute Gasteiger partial charge is 0.493 e. The molecule has 24 heavy (non-hydrogen) atoms. The fourth-order valence-corrected chi connectivity index (χ4v) is 2.94. The maximum absolute atomic E-state index is 11.8. The molecule has 0 radical (unpaired) electrons. The van der Waals surface area contributed by atoms with Gasteiger partial charge in [-0.3, -0.25) is 4.79 Å². The molecule has 1 amide bonds. The van der Waals surface area contributed by atoms with Crippen LogP contribution in [0.1, 0.15) is 15.2 Å². The molecule has 0 aliphatic carbocycles. The van der Waals surface area contributed by atoms with Gasteiger partial charge in [-0.15, -0.1) is 11.3 Å². The van der Waals surface area contributed by atoms with E-state index in [-0.39, 0.29) is 5.91 Å². The Balaban J connectivity index is 1.82. The number of hydrogen-bond acceptors (Lipinski definition) is 5. The Kier molecular flexibility index (Phi) is 6.89. The Morgan fingerprint density at radius 2 is 1.88 bits per heavy atom. The second kappa shape index (κ2) is 9.14. The molecule has 0 aliphatic heterocycles. The zero-order chi connectivity index (χ0) is 17.4. The van der Waals surface area contributed by atoms with Crippen molar-refractivity contribution in [3.8, 4) is 17.2 Å². The van der Waals surface area contributed by atoms with Crippen molar-refractivity contribution in [1.82, 2.24) is 5.32 Å². The van der Waals surface area contributed by atoms with Crippen LogP contribution in [-0.2, 0) is 6.54 Å². The minimum atomic E-state index is -0.0221. The van der Waals surface area contributed by atoms with Gasteiger partial charge < -0.3 is 24.8 Å². The highest BCUT2D eigenvalue weighted by Crippen LogP contribution is 2.37. The molecule has 0 saturated carbocycles. The first-order valence-electron chi connectivity index (χ1n) is 7.61. The maximum atomic E-state index is 11.8. The molecule has 2 rings (SSSR count). The average molecular weight is 351 g/mol. The molecule has 0 atom stereocenters. The minimum absolute atomic E-state index is 0.0221. The fourth-order valence-electron chi connectivity index (χ4n) is 2.30. The summed E-state index contributed by atoms with van der Waals surface area (Å²) in [6.07, 6.45) is 0. The second-order valence-corrected chi connectivity index (χ2v) is 6.00. The van der Waals surface area contributed by atoms with Gasteiger partial charge in [-0.1, -0.05) is 6.07 Å². The highest BCUT2D eigenvalue weighted by Gasteiger charge is 2.13. The van der Waals surface area contributed by atoms with E-state index < -0.39 is 0 Å². The smallest absolute Gasteiger partial charge is 0.261 e. The molecule has 0 aliphatic rings. The molecule has 0 saturated heterocycles. The van der Waals surface area contributed by atoms with E-state index in [1.54, 1.807) is 21.3 Å². The van der Waals surface area contributed by atoms with Gasteiger partial charge in [0.2, 0.25) is 5.75 Å². The van der Waals surface area contributed by atoms with Crippen LogP contribution in [0.25, 0.3) is 0 Å².